The Hall–Kier alpha value is -1.12. The average Bonchev–Trinajstić information content (AvgIpc) is 3.15. The number of hydrogen-bond donors (Lipinski definition) is 0. The Morgan fingerprint density at radius 2 is 1.71 bits per heavy atom. The van der Waals surface area contributed by atoms with Crippen LogP contribution in [-0.4, -0.2) is 23.3 Å². The van der Waals surface area contributed by atoms with E-state index in [4.69, 9.17) is 0 Å². The van der Waals surface area contributed by atoms with Gasteiger partial charge < -0.3 is 0 Å². The van der Waals surface area contributed by atoms with Crippen LogP contribution in [0.1, 0.15) is 52.4 Å². The highest BCUT2D eigenvalue weighted by atomic mass is 16.2. The topological polar surface area (TPSA) is 37.4 Å². The Kier molecular flexibility index (Phi) is 4.19. The van der Waals surface area contributed by atoms with Gasteiger partial charge in [0.25, 0.3) is 0 Å². The molecule has 116 valence electrons. The summed E-state index contributed by atoms with van der Waals surface area (Å²) in [7, 11) is 0. The number of carbonyl (C=O) groups is 2. The maximum absolute atomic E-state index is 12.6. The summed E-state index contributed by atoms with van der Waals surface area (Å²) in [6.45, 7) is 5.07. The fraction of sp³-hybridized carbons (Fsp3) is 0.778. The highest BCUT2D eigenvalue weighted by Gasteiger charge is 2.58. The van der Waals surface area contributed by atoms with Gasteiger partial charge in [0.2, 0.25) is 11.8 Å². The van der Waals surface area contributed by atoms with E-state index in [0.717, 1.165) is 19.3 Å². The van der Waals surface area contributed by atoms with Gasteiger partial charge in [-0.1, -0.05) is 51.7 Å². The predicted molar refractivity (Wildman–Crippen MR) is 82.4 cm³/mol. The van der Waals surface area contributed by atoms with Gasteiger partial charge in [-0.3, -0.25) is 14.5 Å². The standard InChI is InChI=1S/C18H27NO2/c1-3-5-6-12(4-2)9-10-19-17(20)15-13-7-8-14(11-13)16(15)18(19)21/h7-8,12-16H,3-6,9-11H2,1-2H3. The van der Waals surface area contributed by atoms with E-state index in [1.165, 1.54) is 19.3 Å². The Labute approximate surface area is 127 Å². The Morgan fingerprint density at radius 1 is 1.10 bits per heavy atom. The van der Waals surface area contributed by atoms with Crippen molar-refractivity contribution in [1.29, 1.82) is 0 Å². The lowest BCUT2D eigenvalue weighted by atomic mass is 9.85. The molecule has 0 aromatic carbocycles. The Morgan fingerprint density at radius 3 is 2.24 bits per heavy atom. The summed E-state index contributed by atoms with van der Waals surface area (Å²) in [6, 6.07) is 0. The highest BCUT2D eigenvalue weighted by Crippen LogP contribution is 2.52. The second-order valence-electron chi connectivity index (χ2n) is 7.03. The molecule has 1 heterocycles. The molecule has 2 fully saturated rings. The first kappa shape index (κ1) is 14.8. The molecule has 21 heavy (non-hydrogen) atoms. The summed E-state index contributed by atoms with van der Waals surface area (Å²) in [5.74, 6) is 1.51. The normalized spacial score (nSPS) is 34.9. The predicted octanol–water partition coefficient (Wildman–Crippen LogP) is 3.40. The quantitative estimate of drug-likeness (QED) is 0.532. The maximum Gasteiger partial charge on any atom is 0.233 e. The molecule has 5 unspecified atom stereocenters. The molecule has 2 bridgehead atoms. The molecule has 1 aliphatic heterocycles. The van der Waals surface area contributed by atoms with Crippen LogP contribution in [0.25, 0.3) is 0 Å². The Bertz CT molecular complexity index is 426. The van der Waals surface area contributed by atoms with Gasteiger partial charge in [-0.2, -0.15) is 0 Å². The van der Waals surface area contributed by atoms with Gasteiger partial charge in [-0.05, 0) is 30.6 Å². The molecule has 3 nitrogen and oxygen atoms in total. The lowest BCUT2D eigenvalue weighted by Crippen LogP contribution is -2.34. The fourth-order valence-electron chi connectivity index (χ4n) is 4.54. The van der Waals surface area contributed by atoms with E-state index in [1.54, 1.807) is 4.90 Å². The highest BCUT2D eigenvalue weighted by molar-refractivity contribution is 6.06. The Balaban J connectivity index is 1.60. The first-order chi connectivity index (χ1) is 10.2. The van der Waals surface area contributed by atoms with Crippen molar-refractivity contribution in [2.24, 2.45) is 29.6 Å². The van der Waals surface area contributed by atoms with Crippen LogP contribution in [0.3, 0.4) is 0 Å². The van der Waals surface area contributed by atoms with Gasteiger partial charge in [0.05, 0.1) is 11.8 Å². The SMILES string of the molecule is CCCCC(CC)CCN1C(=O)C2C3C=CC(C3)C2C1=O. The third-order valence-corrected chi connectivity index (χ3v) is 5.87. The molecule has 0 aromatic rings. The number of allylic oxidation sites excluding steroid dienone is 2. The summed E-state index contributed by atoms with van der Waals surface area (Å²) >= 11 is 0. The molecule has 1 saturated heterocycles. The molecule has 0 spiro atoms. The van der Waals surface area contributed by atoms with E-state index in [1.807, 2.05) is 0 Å². The number of imide groups is 1. The number of likely N-dealkylation sites (tertiary alicyclic amines) is 1. The fourth-order valence-corrected chi connectivity index (χ4v) is 4.54. The first-order valence-electron chi connectivity index (χ1n) is 8.70. The minimum Gasteiger partial charge on any atom is -0.282 e. The van der Waals surface area contributed by atoms with Crippen LogP contribution < -0.4 is 0 Å². The monoisotopic (exact) mass is 289 g/mol. The molecular formula is C18H27NO2. The van der Waals surface area contributed by atoms with Gasteiger partial charge in [0.15, 0.2) is 0 Å². The van der Waals surface area contributed by atoms with Crippen LogP contribution in [-0.2, 0) is 9.59 Å². The lowest BCUT2D eigenvalue weighted by Gasteiger charge is -2.21. The smallest absolute Gasteiger partial charge is 0.233 e. The summed E-state index contributed by atoms with van der Waals surface area (Å²) in [5.41, 5.74) is 0. The zero-order chi connectivity index (χ0) is 15.0. The largest absolute Gasteiger partial charge is 0.282 e. The first-order valence-corrected chi connectivity index (χ1v) is 8.70. The summed E-state index contributed by atoms with van der Waals surface area (Å²) in [6.07, 6.45) is 11.2. The molecular weight excluding hydrogens is 262 g/mol. The zero-order valence-electron chi connectivity index (χ0n) is 13.3. The molecule has 2 aliphatic carbocycles. The van der Waals surface area contributed by atoms with E-state index in [0.29, 0.717) is 24.3 Å². The third kappa shape index (κ3) is 2.45. The number of unbranched alkanes of at least 4 members (excludes halogenated alkanes) is 1. The van der Waals surface area contributed by atoms with E-state index in [2.05, 4.69) is 26.0 Å². The average molecular weight is 289 g/mol. The number of fused-ring (bicyclic) bond motifs is 5. The van der Waals surface area contributed by atoms with Crippen molar-refractivity contribution in [3.8, 4) is 0 Å². The van der Waals surface area contributed by atoms with Crippen molar-refractivity contribution in [1.82, 2.24) is 4.90 Å². The van der Waals surface area contributed by atoms with E-state index < -0.39 is 0 Å². The van der Waals surface area contributed by atoms with Crippen molar-refractivity contribution >= 4 is 11.8 Å². The minimum absolute atomic E-state index is 0.0248. The molecule has 3 aliphatic rings. The van der Waals surface area contributed by atoms with Gasteiger partial charge in [0.1, 0.15) is 0 Å². The van der Waals surface area contributed by atoms with Gasteiger partial charge in [0, 0.05) is 6.54 Å². The minimum atomic E-state index is -0.0248. The molecule has 2 amide bonds. The van der Waals surface area contributed by atoms with Crippen molar-refractivity contribution in [2.45, 2.75) is 52.4 Å². The molecule has 5 atom stereocenters. The van der Waals surface area contributed by atoms with Crippen molar-refractivity contribution in [3.63, 3.8) is 0 Å². The molecule has 1 saturated carbocycles. The van der Waals surface area contributed by atoms with Gasteiger partial charge in [-0.25, -0.2) is 0 Å². The van der Waals surface area contributed by atoms with Crippen LogP contribution >= 0.6 is 0 Å². The summed E-state index contributed by atoms with van der Waals surface area (Å²) in [5, 5.41) is 0. The van der Waals surface area contributed by atoms with Gasteiger partial charge >= 0.3 is 0 Å². The summed E-state index contributed by atoms with van der Waals surface area (Å²) < 4.78 is 0. The second kappa shape index (κ2) is 5.94. The summed E-state index contributed by atoms with van der Waals surface area (Å²) in [4.78, 5) is 26.7. The van der Waals surface area contributed by atoms with Crippen LogP contribution in [0, 0.1) is 29.6 Å². The number of carbonyl (C=O) groups excluding carboxylic acids is 2. The lowest BCUT2D eigenvalue weighted by molar-refractivity contribution is -0.140. The van der Waals surface area contributed by atoms with Gasteiger partial charge in [-0.15, -0.1) is 0 Å². The molecule has 3 heteroatoms. The zero-order valence-corrected chi connectivity index (χ0v) is 13.3. The van der Waals surface area contributed by atoms with Crippen molar-refractivity contribution in [3.05, 3.63) is 12.2 Å². The van der Waals surface area contributed by atoms with Crippen molar-refractivity contribution in [2.75, 3.05) is 6.54 Å². The van der Waals surface area contributed by atoms with Crippen LogP contribution in [0.4, 0.5) is 0 Å². The molecule has 0 N–H and O–H groups in total. The van der Waals surface area contributed by atoms with E-state index >= 15 is 0 Å². The van der Waals surface area contributed by atoms with Crippen LogP contribution in [0.2, 0.25) is 0 Å². The second-order valence-corrected chi connectivity index (χ2v) is 7.03. The number of amides is 2. The number of hydrogen-bond acceptors (Lipinski definition) is 2. The van der Waals surface area contributed by atoms with E-state index in [9.17, 15) is 9.59 Å². The number of nitrogens with zero attached hydrogens (tertiary/aromatic N) is 1. The third-order valence-electron chi connectivity index (χ3n) is 5.87. The molecule has 3 rings (SSSR count). The van der Waals surface area contributed by atoms with Crippen molar-refractivity contribution < 1.29 is 9.59 Å². The van der Waals surface area contributed by atoms with E-state index in [-0.39, 0.29) is 23.7 Å². The number of rotatable bonds is 7. The van der Waals surface area contributed by atoms with Crippen LogP contribution in [0.15, 0.2) is 12.2 Å². The molecule has 0 radical (unpaired) electrons. The van der Waals surface area contributed by atoms with Crippen LogP contribution in [0.5, 0.6) is 0 Å². The maximum atomic E-state index is 12.6. The molecule has 0 aromatic heterocycles.